The van der Waals surface area contributed by atoms with Crippen LogP contribution < -0.4 is 5.32 Å². The van der Waals surface area contributed by atoms with Gasteiger partial charge in [0.25, 0.3) is 0 Å². The number of amides is 2. The first-order valence-corrected chi connectivity index (χ1v) is 10.9. The third kappa shape index (κ3) is 5.44. The zero-order valence-corrected chi connectivity index (χ0v) is 17.9. The highest BCUT2D eigenvalue weighted by Gasteiger charge is 2.25. The Hall–Kier alpha value is -3.30. The number of fused-ring (bicyclic) bond motifs is 1. The van der Waals surface area contributed by atoms with Gasteiger partial charge in [-0.1, -0.05) is 30.3 Å². The number of hydrogen-bond donors (Lipinski definition) is 1. The number of rotatable bonds is 7. The van der Waals surface area contributed by atoms with Crippen LogP contribution in [0.3, 0.4) is 0 Å². The van der Waals surface area contributed by atoms with Gasteiger partial charge in [0.1, 0.15) is 5.82 Å². The molecule has 0 aromatic heterocycles. The van der Waals surface area contributed by atoms with E-state index in [4.69, 9.17) is 0 Å². The van der Waals surface area contributed by atoms with Crippen LogP contribution in [0.2, 0.25) is 0 Å². The van der Waals surface area contributed by atoms with Crippen molar-refractivity contribution in [2.24, 2.45) is 0 Å². The number of nitrogens with one attached hydrogen (secondary N) is 1. The molecule has 0 saturated heterocycles. The fourth-order valence-electron chi connectivity index (χ4n) is 2.94. The summed E-state index contributed by atoms with van der Waals surface area (Å²) in [6.45, 7) is -0.699. The zero-order valence-electron chi connectivity index (χ0n) is 17.1. The normalized spacial score (nSPS) is 11.5. The molecule has 0 fully saturated rings. The standard InChI is InChI=1S/C22H22FN3O4S/c1-25(14-21(27)24-19-10-8-18(23)9-11-19)22(28)15-26(2)31(29,30)20-12-7-16-5-3-4-6-17(16)13-20/h3-13H,14-15H2,1-2H3,(H,24,27). The van der Waals surface area contributed by atoms with Crippen LogP contribution in [-0.4, -0.2) is 56.6 Å². The molecule has 0 aliphatic rings. The van der Waals surface area contributed by atoms with Gasteiger partial charge < -0.3 is 10.2 Å². The van der Waals surface area contributed by atoms with E-state index in [2.05, 4.69) is 5.32 Å². The van der Waals surface area contributed by atoms with E-state index in [0.29, 0.717) is 5.69 Å². The molecule has 7 nitrogen and oxygen atoms in total. The molecule has 2 amide bonds. The molecule has 0 saturated carbocycles. The second-order valence-corrected chi connectivity index (χ2v) is 9.12. The largest absolute Gasteiger partial charge is 0.335 e. The van der Waals surface area contributed by atoms with Crippen molar-refractivity contribution >= 4 is 38.3 Å². The maximum Gasteiger partial charge on any atom is 0.243 e. The summed E-state index contributed by atoms with van der Waals surface area (Å²) in [4.78, 5) is 25.8. The van der Waals surface area contributed by atoms with Crippen molar-refractivity contribution in [3.8, 4) is 0 Å². The highest BCUT2D eigenvalue weighted by atomic mass is 32.2. The Morgan fingerprint density at radius 2 is 1.55 bits per heavy atom. The number of carbonyl (C=O) groups excluding carboxylic acids is 2. The molecule has 0 aliphatic carbocycles. The molecule has 31 heavy (non-hydrogen) atoms. The maximum atomic E-state index is 12.9. The number of hydrogen-bond acceptors (Lipinski definition) is 4. The van der Waals surface area contributed by atoms with E-state index in [9.17, 15) is 22.4 Å². The van der Waals surface area contributed by atoms with Crippen LogP contribution in [0.5, 0.6) is 0 Å². The van der Waals surface area contributed by atoms with Crippen molar-refractivity contribution in [2.45, 2.75) is 4.90 Å². The van der Waals surface area contributed by atoms with Gasteiger partial charge in [-0.2, -0.15) is 4.31 Å². The molecule has 0 atom stereocenters. The quantitative estimate of drug-likeness (QED) is 0.608. The average Bonchev–Trinajstić information content (AvgIpc) is 2.74. The van der Waals surface area contributed by atoms with Crippen LogP contribution in [0, 0.1) is 5.82 Å². The summed E-state index contributed by atoms with van der Waals surface area (Å²) in [6, 6.07) is 17.4. The molecule has 0 bridgehead atoms. The number of benzene rings is 3. The van der Waals surface area contributed by atoms with E-state index in [-0.39, 0.29) is 11.4 Å². The molecule has 0 heterocycles. The minimum absolute atomic E-state index is 0.0817. The lowest BCUT2D eigenvalue weighted by atomic mass is 10.1. The van der Waals surface area contributed by atoms with Crippen LogP contribution in [-0.2, 0) is 19.6 Å². The molecule has 162 valence electrons. The summed E-state index contributed by atoms with van der Waals surface area (Å²) >= 11 is 0. The Kier molecular flexibility index (Phi) is 6.67. The highest BCUT2D eigenvalue weighted by molar-refractivity contribution is 7.89. The van der Waals surface area contributed by atoms with Crippen molar-refractivity contribution in [1.82, 2.24) is 9.21 Å². The van der Waals surface area contributed by atoms with Gasteiger partial charge in [0.2, 0.25) is 21.8 Å². The van der Waals surface area contributed by atoms with E-state index < -0.39 is 34.2 Å². The number of carbonyl (C=O) groups is 2. The molecule has 0 unspecified atom stereocenters. The fourth-order valence-corrected chi connectivity index (χ4v) is 4.10. The second kappa shape index (κ2) is 9.23. The van der Waals surface area contributed by atoms with Crippen molar-refractivity contribution in [2.75, 3.05) is 32.5 Å². The molecule has 3 rings (SSSR count). The SMILES string of the molecule is CN(CC(=O)Nc1ccc(F)cc1)C(=O)CN(C)S(=O)(=O)c1ccc2ccccc2c1. The van der Waals surface area contributed by atoms with E-state index in [1.807, 2.05) is 24.3 Å². The van der Waals surface area contributed by atoms with Crippen LogP contribution in [0.15, 0.2) is 71.6 Å². The molecule has 0 radical (unpaired) electrons. The van der Waals surface area contributed by atoms with Crippen molar-refractivity contribution in [3.05, 3.63) is 72.5 Å². The fraction of sp³-hybridized carbons (Fsp3) is 0.182. The molecule has 9 heteroatoms. The summed E-state index contributed by atoms with van der Waals surface area (Å²) in [6.07, 6.45) is 0. The van der Waals surface area contributed by atoms with E-state index in [0.717, 1.165) is 20.0 Å². The van der Waals surface area contributed by atoms with Gasteiger partial charge in [0, 0.05) is 19.8 Å². The molecular weight excluding hydrogens is 421 g/mol. The van der Waals surface area contributed by atoms with Gasteiger partial charge >= 0.3 is 0 Å². The predicted molar refractivity (Wildman–Crippen MR) is 116 cm³/mol. The highest BCUT2D eigenvalue weighted by Crippen LogP contribution is 2.21. The van der Waals surface area contributed by atoms with Crippen molar-refractivity contribution < 1.29 is 22.4 Å². The summed E-state index contributed by atoms with van der Waals surface area (Å²) < 4.78 is 39.6. The molecule has 1 N–H and O–H groups in total. The number of anilines is 1. The molecule has 3 aromatic carbocycles. The smallest absolute Gasteiger partial charge is 0.243 e. The molecular formula is C22H22FN3O4S. The number of likely N-dealkylation sites (N-methyl/N-ethyl adjacent to an activating group) is 2. The minimum Gasteiger partial charge on any atom is -0.335 e. The van der Waals surface area contributed by atoms with Crippen LogP contribution >= 0.6 is 0 Å². The van der Waals surface area contributed by atoms with Crippen LogP contribution in [0.1, 0.15) is 0 Å². The topological polar surface area (TPSA) is 86.8 Å². The summed E-state index contributed by atoms with van der Waals surface area (Å²) in [5.74, 6) is -1.45. The van der Waals surface area contributed by atoms with E-state index >= 15 is 0 Å². The Morgan fingerprint density at radius 1 is 0.903 bits per heavy atom. The van der Waals surface area contributed by atoms with E-state index in [1.165, 1.54) is 44.4 Å². The van der Waals surface area contributed by atoms with Gasteiger partial charge in [-0.15, -0.1) is 0 Å². The van der Waals surface area contributed by atoms with Gasteiger partial charge in [0.05, 0.1) is 18.0 Å². The summed E-state index contributed by atoms with van der Waals surface area (Å²) in [5.41, 5.74) is 0.392. The summed E-state index contributed by atoms with van der Waals surface area (Å²) in [5, 5.41) is 4.24. The Morgan fingerprint density at radius 3 is 2.23 bits per heavy atom. The minimum atomic E-state index is -3.89. The first-order valence-electron chi connectivity index (χ1n) is 9.41. The van der Waals surface area contributed by atoms with Crippen molar-refractivity contribution in [3.63, 3.8) is 0 Å². The third-order valence-corrected chi connectivity index (χ3v) is 6.52. The maximum absolute atomic E-state index is 12.9. The second-order valence-electron chi connectivity index (χ2n) is 7.07. The average molecular weight is 444 g/mol. The van der Waals surface area contributed by atoms with Crippen LogP contribution in [0.4, 0.5) is 10.1 Å². The third-order valence-electron chi connectivity index (χ3n) is 4.72. The number of nitrogens with zero attached hydrogens (tertiary/aromatic N) is 2. The number of halogens is 1. The van der Waals surface area contributed by atoms with Gasteiger partial charge in [-0.3, -0.25) is 9.59 Å². The van der Waals surface area contributed by atoms with Gasteiger partial charge in [-0.05, 0) is 47.2 Å². The number of sulfonamides is 1. The molecule has 3 aromatic rings. The molecule has 0 spiro atoms. The Labute approximate surface area is 180 Å². The monoisotopic (exact) mass is 443 g/mol. The van der Waals surface area contributed by atoms with Crippen LogP contribution in [0.25, 0.3) is 10.8 Å². The first kappa shape index (κ1) is 22.4. The Balaban J connectivity index is 1.62. The lowest BCUT2D eigenvalue weighted by Crippen LogP contribution is -2.42. The summed E-state index contributed by atoms with van der Waals surface area (Å²) in [7, 11) is -1.17. The molecule has 0 aliphatic heterocycles. The van der Waals surface area contributed by atoms with E-state index in [1.54, 1.807) is 12.1 Å². The predicted octanol–water partition coefficient (Wildman–Crippen LogP) is 2.70. The van der Waals surface area contributed by atoms with Crippen molar-refractivity contribution in [1.29, 1.82) is 0 Å². The lowest BCUT2D eigenvalue weighted by molar-refractivity contribution is -0.133. The Bertz CT molecular complexity index is 1210. The van der Waals surface area contributed by atoms with Gasteiger partial charge in [-0.25, -0.2) is 12.8 Å². The zero-order chi connectivity index (χ0) is 22.6. The van der Waals surface area contributed by atoms with Gasteiger partial charge in [0.15, 0.2) is 0 Å². The first-order chi connectivity index (χ1) is 14.7. The lowest BCUT2D eigenvalue weighted by Gasteiger charge is -2.21.